The van der Waals surface area contributed by atoms with E-state index in [4.69, 9.17) is 12.2 Å². The molecule has 0 bridgehead atoms. The van der Waals surface area contributed by atoms with Gasteiger partial charge >= 0.3 is 0 Å². The number of nitrogens with zero attached hydrogens (tertiary/aromatic N) is 1. The third-order valence-corrected chi connectivity index (χ3v) is 4.47. The van der Waals surface area contributed by atoms with Crippen molar-refractivity contribution in [2.45, 2.75) is 6.92 Å². The van der Waals surface area contributed by atoms with Crippen LogP contribution < -0.4 is 0 Å². The van der Waals surface area contributed by atoms with E-state index in [1.165, 1.54) is 0 Å². The first-order valence-electron chi connectivity index (χ1n) is 6.62. The van der Waals surface area contributed by atoms with Crippen molar-refractivity contribution in [3.8, 4) is 11.4 Å². The first-order chi connectivity index (χ1) is 10.5. The molecule has 0 saturated carbocycles. The van der Waals surface area contributed by atoms with Gasteiger partial charge in [0.1, 0.15) is 10.4 Å². The number of hydrogen-bond acceptors (Lipinski definition) is 3. The zero-order valence-corrected chi connectivity index (χ0v) is 14.1. The number of benzene rings is 2. The van der Waals surface area contributed by atoms with Crippen LogP contribution in [0.15, 0.2) is 46.9 Å². The van der Waals surface area contributed by atoms with E-state index in [9.17, 15) is 9.90 Å². The summed E-state index contributed by atoms with van der Waals surface area (Å²) in [5.41, 5.74) is 2.74. The second kappa shape index (κ2) is 5.66. The van der Waals surface area contributed by atoms with Gasteiger partial charge in [-0.1, -0.05) is 39.8 Å². The lowest BCUT2D eigenvalue weighted by molar-refractivity contribution is 0.112. The van der Waals surface area contributed by atoms with Gasteiger partial charge in [0.2, 0.25) is 0 Å². The van der Waals surface area contributed by atoms with Crippen LogP contribution in [-0.2, 0) is 0 Å². The van der Waals surface area contributed by atoms with Gasteiger partial charge in [-0.3, -0.25) is 9.36 Å². The van der Waals surface area contributed by atoms with Crippen LogP contribution in [0.1, 0.15) is 15.9 Å². The molecule has 0 aliphatic heterocycles. The summed E-state index contributed by atoms with van der Waals surface area (Å²) in [6.45, 7) is 1.94. The van der Waals surface area contributed by atoms with Gasteiger partial charge in [-0.05, 0) is 43.3 Å². The second-order valence-corrected chi connectivity index (χ2v) is 6.32. The molecule has 110 valence electrons. The Morgan fingerprint density at radius 3 is 2.50 bits per heavy atom. The van der Waals surface area contributed by atoms with Crippen LogP contribution in [0.4, 0.5) is 0 Å². The number of carbonyl (C=O) groups is 1. The molecule has 3 aromatic rings. The SMILES string of the molecule is Cc1ccc2c(c1)c(O)c(C=O)c(=S)n2-c1ccc(Br)cc1. The molecule has 3 nitrogen and oxygen atoms in total. The van der Waals surface area contributed by atoms with E-state index >= 15 is 0 Å². The Kier molecular flexibility index (Phi) is 3.85. The summed E-state index contributed by atoms with van der Waals surface area (Å²) >= 11 is 8.82. The number of aromatic hydroxyl groups is 1. The minimum absolute atomic E-state index is 0.0629. The summed E-state index contributed by atoms with van der Waals surface area (Å²) < 4.78 is 3.06. The average Bonchev–Trinajstić information content (AvgIpc) is 2.50. The standard InChI is InChI=1S/C17H12BrNO2S/c1-10-2-7-15-13(8-10)16(21)14(9-20)17(22)19(15)12-5-3-11(18)4-6-12/h2-9,21H,1H3. The highest BCUT2D eigenvalue weighted by Gasteiger charge is 2.14. The van der Waals surface area contributed by atoms with Gasteiger partial charge in [0.25, 0.3) is 0 Å². The van der Waals surface area contributed by atoms with E-state index in [1.54, 1.807) is 4.57 Å². The maximum absolute atomic E-state index is 11.4. The van der Waals surface area contributed by atoms with Crippen LogP contribution in [0.2, 0.25) is 0 Å². The number of aldehydes is 1. The maximum atomic E-state index is 11.4. The molecule has 0 saturated heterocycles. The van der Waals surface area contributed by atoms with Crippen molar-refractivity contribution in [2.24, 2.45) is 0 Å². The monoisotopic (exact) mass is 373 g/mol. The maximum Gasteiger partial charge on any atom is 0.156 e. The minimum Gasteiger partial charge on any atom is -0.506 e. The average molecular weight is 374 g/mol. The molecule has 0 atom stereocenters. The number of aromatic nitrogens is 1. The summed E-state index contributed by atoms with van der Waals surface area (Å²) in [7, 11) is 0. The zero-order chi connectivity index (χ0) is 15.9. The van der Waals surface area contributed by atoms with Gasteiger partial charge in [-0.2, -0.15) is 0 Å². The van der Waals surface area contributed by atoms with Crippen molar-refractivity contribution in [3.05, 3.63) is 62.7 Å². The lowest BCUT2D eigenvalue weighted by Gasteiger charge is -2.15. The van der Waals surface area contributed by atoms with Crippen LogP contribution in [-0.4, -0.2) is 16.0 Å². The molecule has 0 amide bonds. The van der Waals surface area contributed by atoms with Crippen molar-refractivity contribution < 1.29 is 9.90 Å². The van der Waals surface area contributed by atoms with Crippen molar-refractivity contribution >= 4 is 45.3 Å². The lowest BCUT2D eigenvalue weighted by atomic mass is 10.1. The molecule has 1 aromatic heterocycles. The largest absolute Gasteiger partial charge is 0.506 e. The van der Waals surface area contributed by atoms with E-state index in [2.05, 4.69) is 15.9 Å². The fourth-order valence-corrected chi connectivity index (χ4v) is 3.08. The Morgan fingerprint density at radius 2 is 1.86 bits per heavy atom. The Labute approximate surface area is 141 Å². The van der Waals surface area contributed by atoms with E-state index in [0.717, 1.165) is 21.2 Å². The molecule has 2 aromatic carbocycles. The number of halogens is 1. The van der Waals surface area contributed by atoms with E-state index < -0.39 is 0 Å². The summed E-state index contributed by atoms with van der Waals surface area (Å²) in [5, 5.41) is 11.0. The highest BCUT2D eigenvalue weighted by Crippen LogP contribution is 2.32. The minimum atomic E-state index is -0.0629. The van der Waals surface area contributed by atoms with E-state index in [1.807, 2.05) is 49.4 Å². The molecule has 22 heavy (non-hydrogen) atoms. The summed E-state index contributed by atoms with van der Waals surface area (Å²) in [6.07, 6.45) is 0.606. The van der Waals surface area contributed by atoms with Crippen LogP contribution in [0.5, 0.6) is 5.75 Å². The van der Waals surface area contributed by atoms with Crippen molar-refractivity contribution in [3.63, 3.8) is 0 Å². The lowest BCUT2D eigenvalue weighted by Crippen LogP contribution is -2.03. The zero-order valence-electron chi connectivity index (χ0n) is 11.7. The highest BCUT2D eigenvalue weighted by molar-refractivity contribution is 9.10. The summed E-state index contributed by atoms with van der Waals surface area (Å²) in [6, 6.07) is 13.3. The normalized spacial score (nSPS) is 10.8. The van der Waals surface area contributed by atoms with E-state index in [-0.39, 0.29) is 11.3 Å². The molecule has 0 fully saturated rings. The van der Waals surface area contributed by atoms with Gasteiger partial charge in [0.15, 0.2) is 6.29 Å². The summed E-state index contributed by atoms with van der Waals surface area (Å²) in [5.74, 6) is -0.0629. The van der Waals surface area contributed by atoms with E-state index in [0.29, 0.717) is 16.3 Å². The van der Waals surface area contributed by atoms with Crippen LogP contribution in [0.25, 0.3) is 16.6 Å². The Morgan fingerprint density at radius 1 is 1.18 bits per heavy atom. The fourth-order valence-electron chi connectivity index (χ4n) is 2.46. The number of pyridine rings is 1. The number of hydrogen-bond donors (Lipinski definition) is 1. The number of carbonyl (C=O) groups excluding carboxylic acids is 1. The van der Waals surface area contributed by atoms with Crippen LogP contribution >= 0.6 is 28.1 Å². The topological polar surface area (TPSA) is 42.2 Å². The second-order valence-electron chi connectivity index (χ2n) is 5.02. The first kappa shape index (κ1) is 14.9. The third-order valence-electron chi connectivity index (χ3n) is 3.54. The summed E-state index contributed by atoms with van der Waals surface area (Å²) in [4.78, 5) is 11.4. The molecule has 1 heterocycles. The molecule has 1 N–H and O–H groups in total. The fraction of sp³-hybridized carbons (Fsp3) is 0.0588. The molecule has 3 rings (SSSR count). The van der Waals surface area contributed by atoms with Crippen LogP contribution in [0.3, 0.4) is 0 Å². The Bertz CT molecular complexity index is 946. The van der Waals surface area contributed by atoms with Gasteiger partial charge < -0.3 is 5.11 Å². The molecule has 0 spiro atoms. The Hall–Kier alpha value is -1.98. The predicted octanol–water partition coefficient (Wildman–Crippen LogP) is 4.95. The smallest absolute Gasteiger partial charge is 0.156 e. The van der Waals surface area contributed by atoms with Crippen LogP contribution in [0, 0.1) is 11.6 Å². The number of aryl methyl sites for hydroxylation is 1. The number of fused-ring (bicyclic) bond motifs is 1. The first-order valence-corrected chi connectivity index (χ1v) is 7.82. The van der Waals surface area contributed by atoms with Crippen molar-refractivity contribution in [1.29, 1.82) is 0 Å². The van der Waals surface area contributed by atoms with Gasteiger partial charge in [0, 0.05) is 15.5 Å². The quantitative estimate of drug-likeness (QED) is 0.510. The molecule has 0 aliphatic carbocycles. The number of rotatable bonds is 2. The van der Waals surface area contributed by atoms with Gasteiger partial charge in [-0.15, -0.1) is 0 Å². The third kappa shape index (κ3) is 2.36. The Balaban J connectivity index is 2.50. The highest BCUT2D eigenvalue weighted by atomic mass is 79.9. The van der Waals surface area contributed by atoms with Gasteiger partial charge in [-0.25, -0.2) is 0 Å². The van der Waals surface area contributed by atoms with Gasteiger partial charge in [0.05, 0.1) is 11.1 Å². The van der Waals surface area contributed by atoms with Crippen molar-refractivity contribution in [2.75, 3.05) is 0 Å². The predicted molar refractivity (Wildman–Crippen MR) is 93.6 cm³/mol. The molecule has 0 unspecified atom stereocenters. The molecular formula is C17H12BrNO2S. The molecular weight excluding hydrogens is 362 g/mol. The molecule has 0 aliphatic rings. The molecule has 5 heteroatoms. The molecule has 0 radical (unpaired) electrons. The van der Waals surface area contributed by atoms with Crippen molar-refractivity contribution in [1.82, 2.24) is 4.57 Å².